The first-order valence-corrected chi connectivity index (χ1v) is 13.0. The molecule has 0 aliphatic carbocycles. The number of imide groups is 1. The van der Waals surface area contributed by atoms with Gasteiger partial charge in [-0.2, -0.15) is 0 Å². The fraction of sp³-hybridized carbons (Fsp3) is 0.207. The van der Waals surface area contributed by atoms with Gasteiger partial charge in [-0.1, -0.05) is 66.9 Å². The maximum absolute atomic E-state index is 13.0. The Morgan fingerprint density at radius 3 is 2.42 bits per heavy atom. The largest absolute Gasteiger partial charge is 0.491 e. The third-order valence-corrected chi connectivity index (χ3v) is 6.70. The molecule has 0 aromatic heterocycles. The SMILES string of the molecule is CCCCOc1ccccc1NC(=O)Cc1ccc(NC2=C(Cl)C(=O)N(c3ccc(C)c(Cl)c3)C2=O)cc1. The average Bonchev–Trinajstić information content (AvgIpc) is 3.11. The summed E-state index contributed by atoms with van der Waals surface area (Å²) in [6.07, 6.45) is 2.10. The van der Waals surface area contributed by atoms with Crippen LogP contribution in [0.25, 0.3) is 0 Å². The number of carbonyl (C=O) groups excluding carboxylic acids is 3. The zero-order valence-electron chi connectivity index (χ0n) is 21.0. The summed E-state index contributed by atoms with van der Waals surface area (Å²) in [5, 5.41) is 6.06. The van der Waals surface area contributed by atoms with Crippen LogP contribution in [0.1, 0.15) is 30.9 Å². The van der Waals surface area contributed by atoms with Crippen LogP contribution in [0.3, 0.4) is 0 Å². The Morgan fingerprint density at radius 2 is 1.71 bits per heavy atom. The van der Waals surface area contributed by atoms with Crippen LogP contribution in [-0.4, -0.2) is 24.3 Å². The molecule has 196 valence electrons. The van der Waals surface area contributed by atoms with Gasteiger partial charge in [0.2, 0.25) is 5.91 Å². The van der Waals surface area contributed by atoms with Crippen molar-refractivity contribution in [3.63, 3.8) is 0 Å². The van der Waals surface area contributed by atoms with Crippen molar-refractivity contribution in [1.82, 2.24) is 0 Å². The van der Waals surface area contributed by atoms with E-state index in [-0.39, 0.29) is 23.1 Å². The summed E-state index contributed by atoms with van der Waals surface area (Å²) in [7, 11) is 0. The van der Waals surface area contributed by atoms with E-state index in [9.17, 15) is 14.4 Å². The molecule has 2 N–H and O–H groups in total. The first-order chi connectivity index (χ1) is 18.3. The normalized spacial score (nSPS) is 13.2. The number of halogens is 2. The predicted molar refractivity (Wildman–Crippen MR) is 151 cm³/mol. The highest BCUT2D eigenvalue weighted by Gasteiger charge is 2.39. The monoisotopic (exact) mass is 551 g/mol. The van der Waals surface area contributed by atoms with E-state index in [0.717, 1.165) is 28.9 Å². The third-order valence-electron chi connectivity index (χ3n) is 5.95. The fourth-order valence-electron chi connectivity index (χ4n) is 3.82. The van der Waals surface area contributed by atoms with Crippen molar-refractivity contribution in [1.29, 1.82) is 0 Å². The Morgan fingerprint density at radius 1 is 0.974 bits per heavy atom. The molecule has 38 heavy (non-hydrogen) atoms. The number of hydrogen-bond donors (Lipinski definition) is 2. The van der Waals surface area contributed by atoms with Crippen molar-refractivity contribution in [2.75, 3.05) is 22.1 Å². The quantitative estimate of drug-likeness (QED) is 0.223. The number of amides is 3. The zero-order valence-corrected chi connectivity index (χ0v) is 22.5. The Labute approximate surface area is 231 Å². The van der Waals surface area contributed by atoms with E-state index >= 15 is 0 Å². The lowest BCUT2D eigenvalue weighted by Crippen LogP contribution is -2.32. The Hall–Kier alpha value is -3.81. The number of nitrogens with one attached hydrogen (secondary N) is 2. The Balaban J connectivity index is 1.39. The molecule has 0 radical (unpaired) electrons. The number of para-hydroxylation sites is 2. The summed E-state index contributed by atoms with van der Waals surface area (Å²) >= 11 is 12.4. The van der Waals surface area contributed by atoms with Gasteiger partial charge in [0, 0.05) is 10.7 Å². The molecule has 9 heteroatoms. The van der Waals surface area contributed by atoms with Gasteiger partial charge in [-0.3, -0.25) is 14.4 Å². The highest BCUT2D eigenvalue weighted by molar-refractivity contribution is 6.53. The molecule has 1 aliphatic rings. The molecule has 3 aromatic rings. The van der Waals surface area contributed by atoms with Crippen LogP contribution in [0.2, 0.25) is 5.02 Å². The number of nitrogens with zero attached hydrogens (tertiary/aromatic N) is 1. The van der Waals surface area contributed by atoms with Crippen molar-refractivity contribution in [2.45, 2.75) is 33.1 Å². The molecule has 0 bridgehead atoms. The molecule has 0 atom stereocenters. The maximum atomic E-state index is 13.0. The Kier molecular flexibility index (Phi) is 8.71. The lowest BCUT2D eigenvalue weighted by Gasteiger charge is -2.16. The molecule has 1 heterocycles. The third kappa shape index (κ3) is 6.18. The van der Waals surface area contributed by atoms with Gasteiger partial charge in [-0.05, 0) is 60.9 Å². The van der Waals surface area contributed by atoms with E-state index in [1.807, 2.05) is 25.1 Å². The lowest BCUT2D eigenvalue weighted by molar-refractivity contribution is -0.120. The first kappa shape index (κ1) is 27.2. The molecule has 0 fully saturated rings. The van der Waals surface area contributed by atoms with Crippen LogP contribution in [0.5, 0.6) is 5.75 Å². The van der Waals surface area contributed by atoms with Crippen molar-refractivity contribution < 1.29 is 19.1 Å². The van der Waals surface area contributed by atoms with Crippen LogP contribution < -0.4 is 20.3 Å². The topological polar surface area (TPSA) is 87.7 Å². The lowest BCUT2D eigenvalue weighted by atomic mass is 10.1. The smallest absolute Gasteiger partial charge is 0.283 e. The molecule has 1 aliphatic heterocycles. The summed E-state index contributed by atoms with van der Waals surface area (Å²) < 4.78 is 5.78. The van der Waals surface area contributed by atoms with Gasteiger partial charge in [-0.25, -0.2) is 4.90 Å². The second-order valence-corrected chi connectivity index (χ2v) is 9.60. The van der Waals surface area contributed by atoms with Gasteiger partial charge >= 0.3 is 0 Å². The molecule has 0 saturated heterocycles. The number of hydrogen-bond acceptors (Lipinski definition) is 5. The summed E-state index contributed by atoms with van der Waals surface area (Å²) in [6.45, 7) is 4.50. The van der Waals surface area contributed by atoms with Crippen molar-refractivity contribution in [3.05, 3.63) is 93.6 Å². The highest BCUT2D eigenvalue weighted by Crippen LogP contribution is 2.32. The van der Waals surface area contributed by atoms with E-state index in [1.165, 1.54) is 0 Å². The highest BCUT2D eigenvalue weighted by atomic mass is 35.5. The molecular weight excluding hydrogens is 525 g/mol. The zero-order chi connectivity index (χ0) is 27.2. The van der Waals surface area contributed by atoms with Gasteiger partial charge in [0.1, 0.15) is 16.5 Å². The minimum absolute atomic E-state index is 0.0291. The number of rotatable bonds is 10. The molecule has 3 amide bonds. The molecule has 3 aromatic carbocycles. The van der Waals surface area contributed by atoms with E-state index in [0.29, 0.717) is 34.4 Å². The number of ether oxygens (including phenoxy) is 1. The second kappa shape index (κ2) is 12.2. The first-order valence-electron chi connectivity index (χ1n) is 12.2. The van der Waals surface area contributed by atoms with Gasteiger partial charge in [0.15, 0.2) is 0 Å². The van der Waals surface area contributed by atoms with Gasteiger partial charge < -0.3 is 15.4 Å². The summed E-state index contributed by atoms with van der Waals surface area (Å²) in [5.41, 5.74) is 3.06. The minimum Gasteiger partial charge on any atom is -0.491 e. The van der Waals surface area contributed by atoms with Gasteiger partial charge in [0.25, 0.3) is 11.8 Å². The number of unbranched alkanes of at least 4 members (excludes halogenated alkanes) is 1. The Bertz CT molecular complexity index is 1400. The number of anilines is 3. The van der Waals surface area contributed by atoms with Crippen molar-refractivity contribution in [3.8, 4) is 5.75 Å². The second-order valence-electron chi connectivity index (χ2n) is 8.81. The van der Waals surface area contributed by atoms with Crippen LogP contribution in [-0.2, 0) is 20.8 Å². The van der Waals surface area contributed by atoms with Crippen LogP contribution in [0.4, 0.5) is 17.1 Å². The van der Waals surface area contributed by atoms with E-state index < -0.39 is 11.8 Å². The standard InChI is InChI=1S/C29H27Cl2N3O4/c1-3-4-15-38-24-8-6-5-7-23(24)33-25(35)16-19-10-12-20(13-11-19)32-27-26(31)28(36)34(29(27)37)21-14-9-18(2)22(30)17-21/h5-14,17,32H,3-4,15-16H2,1-2H3,(H,33,35). The van der Waals surface area contributed by atoms with Crippen LogP contribution in [0, 0.1) is 6.92 Å². The molecule has 0 spiro atoms. The number of aryl methyl sites for hydroxylation is 1. The predicted octanol–water partition coefficient (Wildman–Crippen LogP) is 6.44. The van der Waals surface area contributed by atoms with Crippen LogP contribution in [0.15, 0.2) is 77.5 Å². The van der Waals surface area contributed by atoms with E-state index in [4.69, 9.17) is 27.9 Å². The molecule has 0 saturated carbocycles. The molecule has 0 unspecified atom stereocenters. The minimum atomic E-state index is -0.633. The van der Waals surface area contributed by atoms with Crippen LogP contribution >= 0.6 is 23.2 Å². The average molecular weight is 552 g/mol. The molecular formula is C29H27Cl2N3O4. The molecule has 4 rings (SSSR count). The fourth-order valence-corrected chi connectivity index (χ4v) is 4.21. The van der Waals surface area contributed by atoms with Gasteiger partial charge in [-0.15, -0.1) is 0 Å². The summed E-state index contributed by atoms with van der Waals surface area (Å²) in [4.78, 5) is 39.4. The van der Waals surface area contributed by atoms with Gasteiger partial charge in [0.05, 0.1) is 24.4 Å². The van der Waals surface area contributed by atoms with Crippen molar-refractivity contribution in [2.24, 2.45) is 0 Å². The van der Waals surface area contributed by atoms with E-state index in [1.54, 1.807) is 48.5 Å². The van der Waals surface area contributed by atoms with E-state index in [2.05, 4.69) is 17.6 Å². The van der Waals surface area contributed by atoms with Crippen molar-refractivity contribution >= 4 is 58.0 Å². The summed E-state index contributed by atoms with van der Waals surface area (Å²) in [5.74, 6) is -0.766. The molecule has 7 nitrogen and oxygen atoms in total. The number of carbonyl (C=O) groups is 3. The summed E-state index contributed by atoms with van der Waals surface area (Å²) in [6, 6.07) is 19.2. The number of benzene rings is 3. The maximum Gasteiger partial charge on any atom is 0.283 e.